The van der Waals surface area contributed by atoms with Crippen LogP contribution in [0.3, 0.4) is 0 Å². The molecule has 0 aliphatic carbocycles. The smallest absolute Gasteiger partial charge is 0.125 e. The van der Waals surface area contributed by atoms with Gasteiger partial charge in [0.1, 0.15) is 11.5 Å². The van der Waals surface area contributed by atoms with Crippen molar-refractivity contribution in [3.63, 3.8) is 0 Å². The third kappa shape index (κ3) is 1.66. The van der Waals surface area contributed by atoms with E-state index in [9.17, 15) is 4.39 Å². The van der Waals surface area contributed by atoms with Gasteiger partial charge < -0.3 is 10.2 Å². The lowest BCUT2D eigenvalue weighted by molar-refractivity contribution is 0.568. The fourth-order valence-electron chi connectivity index (χ4n) is 1.85. The van der Waals surface area contributed by atoms with E-state index in [2.05, 4.69) is 5.10 Å². The van der Waals surface area contributed by atoms with Crippen molar-refractivity contribution in [1.82, 2.24) is 9.78 Å². The summed E-state index contributed by atoms with van der Waals surface area (Å²) in [6.07, 6.45) is 4.66. The molecule has 5 heteroatoms. The molecular formula is C13H10FN3O. The predicted molar refractivity (Wildman–Crippen MR) is 65.6 cm³/mol. The maximum absolute atomic E-state index is 13.2. The maximum Gasteiger partial charge on any atom is 0.125 e. The van der Waals surface area contributed by atoms with E-state index in [0.29, 0.717) is 17.1 Å². The highest BCUT2D eigenvalue weighted by Gasteiger charge is 2.13. The molecule has 3 rings (SSSR count). The molecule has 3 aromatic rings. The third-order valence-electron chi connectivity index (χ3n) is 2.64. The van der Waals surface area contributed by atoms with Gasteiger partial charge in [0, 0.05) is 5.56 Å². The van der Waals surface area contributed by atoms with Crippen LogP contribution in [0.4, 0.5) is 10.1 Å². The number of hydrogen-bond acceptors (Lipinski definition) is 3. The highest BCUT2D eigenvalue weighted by Crippen LogP contribution is 2.28. The highest BCUT2D eigenvalue weighted by molar-refractivity contribution is 5.73. The standard InChI is InChI=1S/C13H10FN3O/c14-10-2-1-3-11(6-10)17-13(12(15)7-16-17)9-4-5-18-8-9/h1-8H,15H2. The molecule has 90 valence electrons. The molecule has 2 N–H and O–H groups in total. The van der Waals surface area contributed by atoms with Gasteiger partial charge in [-0.1, -0.05) is 6.07 Å². The van der Waals surface area contributed by atoms with E-state index < -0.39 is 0 Å². The van der Waals surface area contributed by atoms with E-state index in [0.717, 1.165) is 5.56 Å². The number of benzene rings is 1. The minimum absolute atomic E-state index is 0.320. The Balaban J connectivity index is 2.20. The van der Waals surface area contributed by atoms with Crippen molar-refractivity contribution in [2.75, 3.05) is 5.73 Å². The van der Waals surface area contributed by atoms with Crippen molar-refractivity contribution in [2.24, 2.45) is 0 Å². The van der Waals surface area contributed by atoms with Crippen molar-refractivity contribution >= 4 is 5.69 Å². The van der Waals surface area contributed by atoms with E-state index in [4.69, 9.17) is 10.2 Å². The molecule has 0 amide bonds. The van der Waals surface area contributed by atoms with Crippen LogP contribution < -0.4 is 5.73 Å². The van der Waals surface area contributed by atoms with E-state index >= 15 is 0 Å². The quantitative estimate of drug-likeness (QED) is 0.752. The lowest BCUT2D eigenvalue weighted by Gasteiger charge is -2.06. The van der Waals surface area contributed by atoms with Gasteiger partial charge >= 0.3 is 0 Å². The Morgan fingerprint density at radius 3 is 2.89 bits per heavy atom. The van der Waals surface area contributed by atoms with Crippen LogP contribution in [-0.4, -0.2) is 9.78 Å². The topological polar surface area (TPSA) is 57.0 Å². The largest absolute Gasteiger partial charge is 0.472 e. The van der Waals surface area contributed by atoms with E-state index in [-0.39, 0.29) is 5.82 Å². The normalized spacial score (nSPS) is 10.7. The number of nitrogens with two attached hydrogens (primary N) is 1. The molecule has 2 heterocycles. The van der Waals surface area contributed by atoms with Gasteiger partial charge in [0.15, 0.2) is 0 Å². The van der Waals surface area contributed by atoms with Crippen molar-refractivity contribution in [2.45, 2.75) is 0 Å². The van der Waals surface area contributed by atoms with Crippen LogP contribution in [0.5, 0.6) is 0 Å². The Kier molecular flexibility index (Phi) is 2.37. The summed E-state index contributed by atoms with van der Waals surface area (Å²) in [7, 11) is 0. The number of hydrogen-bond donors (Lipinski definition) is 1. The first-order valence-electron chi connectivity index (χ1n) is 5.38. The summed E-state index contributed by atoms with van der Waals surface area (Å²) >= 11 is 0. The van der Waals surface area contributed by atoms with Crippen molar-refractivity contribution in [1.29, 1.82) is 0 Å². The monoisotopic (exact) mass is 243 g/mol. The zero-order valence-corrected chi connectivity index (χ0v) is 9.38. The molecular weight excluding hydrogens is 233 g/mol. The molecule has 0 saturated carbocycles. The van der Waals surface area contributed by atoms with Crippen LogP contribution in [0.15, 0.2) is 53.5 Å². The van der Waals surface area contributed by atoms with Crippen LogP contribution in [0.25, 0.3) is 16.9 Å². The first-order chi connectivity index (χ1) is 8.75. The summed E-state index contributed by atoms with van der Waals surface area (Å²) in [5.41, 5.74) is 8.51. The van der Waals surface area contributed by atoms with Gasteiger partial charge in [-0.2, -0.15) is 5.10 Å². The molecule has 0 bridgehead atoms. The van der Waals surface area contributed by atoms with Crippen LogP contribution in [-0.2, 0) is 0 Å². The molecule has 18 heavy (non-hydrogen) atoms. The number of nitrogens with zero attached hydrogens (tertiary/aromatic N) is 2. The van der Waals surface area contributed by atoms with Gasteiger partial charge in [-0.15, -0.1) is 0 Å². The van der Waals surface area contributed by atoms with Crippen molar-refractivity contribution in [3.05, 3.63) is 54.9 Å². The lowest BCUT2D eigenvalue weighted by atomic mass is 10.2. The number of nitrogen functional groups attached to an aromatic ring is 1. The fourth-order valence-corrected chi connectivity index (χ4v) is 1.85. The van der Waals surface area contributed by atoms with Crippen LogP contribution >= 0.6 is 0 Å². The molecule has 0 spiro atoms. The first kappa shape index (κ1) is 10.6. The molecule has 0 aliphatic heterocycles. The Bertz CT molecular complexity index is 673. The fraction of sp³-hybridized carbons (Fsp3) is 0. The summed E-state index contributed by atoms with van der Waals surface area (Å²) in [6.45, 7) is 0. The van der Waals surface area contributed by atoms with Gasteiger partial charge in [-0.25, -0.2) is 9.07 Å². The highest BCUT2D eigenvalue weighted by atomic mass is 19.1. The average molecular weight is 243 g/mol. The Morgan fingerprint density at radius 1 is 1.28 bits per heavy atom. The van der Waals surface area contributed by atoms with E-state index in [1.54, 1.807) is 35.4 Å². The Hall–Kier alpha value is -2.56. The van der Waals surface area contributed by atoms with E-state index in [1.807, 2.05) is 0 Å². The summed E-state index contributed by atoms with van der Waals surface area (Å²) < 4.78 is 19.9. The van der Waals surface area contributed by atoms with Gasteiger partial charge in [0.2, 0.25) is 0 Å². The van der Waals surface area contributed by atoms with Crippen LogP contribution in [0.2, 0.25) is 0 Å². The number of furan rings is 1. The molecule has 2 aromatic heterocycles. The van der Waals surface area contributed by atoms with Crippen molar-refractivity contribution < 1.29 is 8.81 Å². The Labute approximate surface area is 102 Å². The summed E-state index contributed by atoms with van der Waals surface area (Å²) in [6, 6.07) is 7.95. The average Bonchev–Trinajstić information content (AvgIpc) is 2.97. The van der Waals surface area contributed by atoms with Gasteiger partial charge in [-0.3, -0.25) is 0 Å². The number of rotatable bonds is 2. The van der Waals surface area contributed by atoms with Crippen molar-refractivity contribution in [3.8, 4) is 16.9 Å². The van der Waals surface area contributed by atoms with Crippen LogP contribution in [0.1, 0.15) is 0 Å². The lowest BCUT2D eigenvalue weighted by Crippen LogP contribution is -2.00. The number of aromatic nitrogens is 2. The summed E-state index contributed by atoms with van der Waals surface area (Å²) in [4.78, 5) is 0. The van der Waals surface area contributed by atoms with Gasteiger partial charge in [-0.05, 0) is 24.3 Å². The van der Waals surface area contributed by atoms with Gasteiger partial charge in [0.25, 0.3) is 0 Å². The molecule has 1 aromatic carbocycles. The molecule has 0 aliphatic rings. The zero-order valence-electron chi connectivity index (χ0n) is 9.38. The molecule has 0 fully saturated rings. The van der Waals surface area contributed by atoms with E-state index in [1.165, 1.54) is 18.3 Å². The zero-order chi connectivity index (χ0) is 12.5. The summed E-state index contributed by atoms with van der Waals surface area (Å²) in [5.74, 6) is -0.320. The SMILES string of the molecule is Nc1cnn(-c2cccc(F)c2)c1-c1ccoc1. The molecule has 4 nitrogen and oxygen atoms in total. The summed E-state index contributed by atoms with van der Waals surface area (Å²) in [5, 5.41) is 4.17. The molecule has 0 radical (unpaired) electrons. The van der Waals surface area contributed by atoms with Gasteiger partial charge in [0.05, 0.1) is 30.1 Å². The second-order valence-corrected chi connectivity index (χ2v) is 3.85. The molecule has 0 atom stereocenters. The second-order valence-electron chi connectivity index (χ2n) is 3.85. The predicted octanol–water partition coefficient (Wildman–Crippen LogP) is 2.85. The van der Waals surface area contributed by atoms with Crippen LogP contribution in [0, 0.1) is 5.82 Å². The minimum atomic E-state index is -0.320. The second kappa shape index (κ2) is 4.03. The Morgan fingerprint density at radius 2 is 2.17 bits per heavy atom. The maximum atomic E-state index is 13.2. The minimum Gasteiger partial charge on any atom is -0.472 e. The molecule has 0 unspecified atom stereocenters. The molecule has 0 saturated heterocycles. The first-order valence-corrected chi connectivity index (χ1v) is 5.38. The third-order valence-corrected chi connectivity index (χ3v) is 2.64. The number of anilines is 1. The number of halogens is 1.